The number of hydrogen-bond acceptors (Lipinski definition) is 2. The van der Waals surface area contributed by atoms with Crippen LogP contribution in [-0.2, 0) is 4.79 Å². The highest BCUT2D eigenvalue weighted by molar-refractivity contribution is 5.66. The first kappa shape index (κ1) is 9.43. The normalized spacial score (nSPS) is 13.6. The summed E-state index contributed by atoms with van der Waals surface area (Å²) in [5.41, 5.74) is 0. The largest absolute Gasteiger partial charge is 0.481 e. The van der Waals surface area contributed by atoms with E-state index in [0.29, 0.717) is 6.04 Å². The molecule has 0 unspecified atom stereocenters. The molecule has 0 aliphatic heterocycles. The van der Waals surface area contributed by atoms with Gasteiger partial charge in [-0.3, -0.25) is 4.79 Å². The van der Waals surface area contributed by atoms with Crippen LogP contribution in [0.25, 0.3) is 0 Å². The van der Waals surface area contributed by atoms with Gasteiger partial charge in [-0.25, -0.2) is 0 Å². The summed E-state index contributed by atoms with van der Waals surface area (Å²) in [6.45, 7) is 2.02. The highest BCUT2D eigenvalue weighted by Crippen LogP contribution is 2.00. The van der Waals surface area contributed by atoms with Crippen molar-refractivity contribution in [3.05, 3.63) is 0 Å². The molecule has 0 saturated heterocycles. The van der Waals surface area contributed by atoms with Crippen LogP contribution in [0, 0.1) is 0 Å². The molecule has 0 aliphatic carbocycles. The van der Waals surface area contributed by atoms with Crippen molar-refractivity contribution in [2.75, 3.05) is 14.1 Å². The SMILES string of the molecule is C[C@H](CCC(=O)O)N(C)C. The molecule has 0 radical (unpaired) electrons. The van der Waals surface area contributed by atoms with Gasteiger partial charge in [-0.15, -0.1) is 0 Å². The lowest BCUT2D eigenvalue weighted by Gasteiger charge is -2.18. The standard InChI is InChI=1S/C7H15NO2/c1-6(8(2)3)4-5-7(9)10/h6H,4-5H2,1-3H3,(H,9,10)/t6-/m1/s1. The van der Waals surface area contributed by atoms with Crippen molar-refractivity contribution < 1.29 is 9.90 Å². The molecule has 0 heterocycles. The Balaban J connectivity index is 3.39. The number of rotatable bonds is 4. The van der Waals surface area contributed by atoms with Crippen molar-refractivity contribution >= 4 is 5.97 Å². The Morgan fingerprint density at radius 2 is 2.10 bits per heavy atom. The Kier molecular flexibility index (Phi) is 4.03. The first-order chi connectivity index (χ1) is 4.54. The molecule has 0 spiro atoms. The van der Waals surface area contributed by atoms with Crippen LogP contribution in [0.3, 0.4) is 0 Å². The van der Waals surface area contributed by atoms with E-state index in [1.807, 2.05) is 25.9 Å². The summed E-state index contributed by atoms with van der Waals surface area (Å²) in [6, 6.07) is 0.357. The number of carboxylic acids is 1. The molecule has 0 aromatic heterocycles. The van der Waals surface area contributed by atoms with E-state index < -0.39 is 5.97 Å². The zero-order valence-corrected chi connectivity index (χ0v) is 6.79. The fourth-order valence-electron chi connectivity index (χ4n) is 0.591. The van der Waals surface area contributed by atoms with Gasteiger partial charge >= 0.3 is 5.97 Å². The molecule has 10 heavy (non-hydrogen) atoms. The lowest BCUT2D eigenvalue weighted by molar-refractivity contribution is -0.137. The summed E-state index contributed by atoms with van der Waals surface area (Å²) in [7, 11) is 3.90. The fraction of sp³-hybridized carbons (Fsp3) is 0.857. The summed E-state index contributed by atoms with van der Waals surface area (Å²) >= 11 is 0. The number of nitrogens with zero attached hydrogens (tertiary/aromatic N) is 1. The average molecular weight is 145 g/mol. The Labute approximate surface area is 61.6 Å². The molecule has 1 N–H and O–H groups in total. The number of carboxylic acid groups (broad SMARTS) is 1. The van der Waals surface area contributed by atoms with Crippen LogP contribution in [0.5, 0.6) is 0 Å². The smallest absolute Gasteiger partial charge is 0.303 e. The average Bonchev–Trinajstić information content (AvgIpc) is 1.82. The van der Waals surface area contributed by atoms with E-state index in [-0.39, 0.29) is 6.42 Å². The molecule has 0 rings (SSSR count). The maximum absolute atomic E-state index is 10.1. The molecule has 0 bridgehead atoms. The highest BCUT2D eigenvalue weighted by atomic mass is 16.4. The summed E-state index contributed by atoms with van der Waals surface area (Å²) < 4.78 is 0. The molecule has 3 nitrogen and oxygen atoms in total. The summed E-state index contributed by atoms with van der Waals surface area (Å²) in [5, 5.41) is 8.33. The minimum Gasteiger partial charge on any atom is -0.481 e. The zero-order valence-electron chi connectivity index (χ0n) is 6.79. The van der Waals surface area contributed by atoms with Gasteiger partial charge in [0.2, 0.25) is 0 Å². The Bertz CT molecular complexity index is 112. The van der Waals surface area contributed by atoms with Gasteiger partial charge in [0.25, 0.3) is 0 Å². The second-order valence-electron chi connectivity index (χ2n) is 2.75. The maximum Gasteiger partial charge on any atom is 0.303 e. The number of aliphatic carboxylic acids is 1. The third kappa shape index (κ3) is 4.32. The lowest BCUT2D eigenvalue weighted by Crippen LogP contribution is -2.25. The lowest BCUT2D eigenvalue weighted by atomic mass is 10.2. The predicted octanol–water partition coefficient (Wildman–Crippen LogP) is 0.801. The van der Waals surface area contributed by atoms with E-state index in [1.54, 1.807) is 0 Å². The third-order valence-electron chi connectivity index (χ3n) is 1.66. The molecule has 0 amide bonds. The zero-order chi connectivity index (χ0) is 8.15. The van der Waals surface area contributed by atoms with Crippen LogP contribution < -0.4 is 0 Å². The molecule has 60 valence electrons. The predicted molar refractivity (Wildman–Crippen MR) is 40.0 cm³/mol. The molecule has 3 heteroatoms. The number of carbonyl (C=O) groups is 1. The van der Waals surface area contributed by atoms with Crippen LogP contribution in [0.4, 0.5) is 0 Å². The van der Waals surface area contributed by atoms with Crippen molar-refractivity contribution in [2.24, 2.45) is 0 Å². The molecule has 0 aliphatic rings. The van der Waals surface area contributed by atoms with Gasteiger partial charge in [0.05, 0.1) is 0 Å². The maximum atomic E-state index is 10.1. The molecule has 0 aromatic rings. The molecule has 0 fully saturated rings. The van der Waals surface area contributed by atoms with Gasteiger partial charge in [-0.2, -0.15) is 0 Å². The molecule has 1 atom stereocenters. The van der Waals surface area contributed by atoms with Gasteiger partial charge in [0.15, 0.2) is 0 Å². The van der Waals surface area contributed by atoms with Crippen LogP contribution >= 0.6 is 0 Å². The highest BCUT2D eigenvalue weighted by Gasteiger charge is 2.05. The van der Waals surface area contributed by atoms with Crippen LogP contribution in [0.1, 0.15) is 19.8 Å². The van der Waals surface area contributed by atoms with Gasteiger partial charge in [0.1, 0.15) is 0 Å². The van der Waals surface area contributed by atoms with Crippen LogP contribution in [0.15, 0.2) is 0 Å². The van der Waals surface area contributed by atoms with Gasteiger partial charge in [0, 0.05) is 12.5 Å². The summed E-state index contributed by atoms with van der Waals surface area (Å²) in [5.74, 6) is -0.714. The quantitative estimate of drug-likeness (QED) is 0.636. The Morgan fingerprint density at radius 1 is 1.60 bits per heavy atom. The number of hydrogen-bond donors (Lipinski definition) is 1. The van der Waals surface area contributed by atoms with E-state index in [4.69, 9.17) is 5.11 Å². The Hall–Kier alpha value is -0.570. The van der Waals surface area contributed by atoms with Gasteiger partial charge < -0.3 is 10.0 Å². The van der Waals surface area contributed by atoms with Crippen LogP contribution in [0.2, 0.25) is 0 Å². The van der Waals surface area contributed by atoms with Crippen LogP contribution in [-0.4, -0.2) is 36.1 Å². The molecule has 0 aromatic carbocycles. The van der Waals surface area contributed by atoms with E-state index in [9.17, 15) is 4.79 Å². The fourth-order valence-corrected chi connectivity index (χ4v) is 0.591. The van der Waals surface area contributed by atoms with E-state index in [0.717, 1.165) is 6.42 Å². The molecule has 0 saturated carbocycles. The van der Waals surface area contributed by atoms with Crippen molar-refractivity contribution in [1.29, 1.82) is 0 Å². The summed E-state index contributed by atoms with van der Waals surface area (Å²) in [4.78, 5) is 12.1. The van der Waals surface area contributed by atoms with Crippen molar-refractivity contribution in [3.63, 3.8) is 0 Å². The third-order valence-corrected chi connectivity index (χ3v) is 1.66. The van der Waals surface area contributed by atoms with E-state index in [2.05, 4.69) is 0 Å². The van der Waals surface area contributed by atoms with Crippen molar-refractivity contribution in [3.8, 4) is 0 Å². The molecular formula is C7H15NO2. The summed E-state index contributed by atoms with van der Waals surface area (Å²) in [6.07, 6.45) is 0.988. The van der Waals surface area contributed by atoms with E-state index >= 15 is 0 Å². The molecular weight excluding hydrogens is 130 g/mol. The monoisotopic (exact) mass is 145 g/mol. The second kappa shape index (κ2) is 4.28. The topological polar surface area (TPSA) is 40.5 Å². The Morgan fingerprint density at radius 3 is 2.40 bits per heavy atom. The van der Waals surface area contributed by atoms with Gasteiger partial charge in [-0.1, -0.05) is 0 Å². The first-order valence-electron chi connectivity index (χ1n) is 3.42. The van der Waals surface area contributed by atoms with Gasteiger partial charge in [-0.05, 0) is 27.4 Å². The minimum absolute atomic E-state index is 0.263. The van der Waals surface area contributed by atoms with E-state index in [1.165, 1.54) is 0 Å². The first-order valence-corrected chi connectivity index (χ1v) is 3.42. The minimum atomic E-state index is -0.714. The van der Waals surface area contributed by atoms with Crippen molar-refractivity contribution in [1.82, 2.24) is 4.90 Å². The second-order valence-corrected chi connectivity index (χ2v) is 2.75. The van der Waals surface area contributed by atoms with Crippen molar-refractivity contribution in [2.45, 2.75) is 25.8 Å².